The molecular weight excluding hydrogens is 675 g/mol. The van der Waals surface area contributed by atoms with Crippen molar-refractivity contribution in [2.75, 3.05) is 6.61 Å². The van der Waals surface area contributed by atoms with E-state index in [0.717, 1.165) is 27.8 Å². The molecule has 0 aliphatic heterocycles. The molecule has 0 aromatic heterocycles. The molecule has 0 radical (unpaired) electrons. The van der Waals surface area contributed by atoms with Gasteiger partial charge in [-0.25, -0.2) is 4.79 Å². The number of hydrogen-bond acceptors (Lipinski definition) is 3. The number of carbonyl (C=O) groups is 1. The first-order valence-electron chi connectivity index (χ1n) is 16.5. The fraction of sp³-hybridized carbons (Fsp3) is 0.0784. The van der Waals surface area contributed by atoms with Crippen LogP contribution in [-0.2, 0) is 4.74 Å². The number of hydrogen-bond donors (Lipinski definition) is 1. The van der Waals surface area contributed by atoms with E-state index in [-0.39, 0.29) is 12.5 Å². The maximum absolute atomic E-state index is 13.3. The van der Waals surface area contributed by atoms with Gasteiger partial charge in [0.25, 0.3) is 0 Å². The van der Waals surface area contributed by atoms with Crippen molar-refractivity contribution in [2.24, 2.45) is 0 Å². The Labute approximate surface area is 322 Å². The molecule has 0 saturated carbocycles. The summed E-state index contributed by atoms with van der Waals surface area (Å²) < 4.78 is 11.4. The molecule has 0 saturated heterocycles. The Morgan fingerprint density at radius 3 is 1.47 bits per heavy atom. The Morgan fingerprint density at radius 1 is 0.582 bits per heavy atom. The van der Waals surface area contributed by atoms with Gasteiger partial charge in [-0.15, -0.1) is 6.42 Å². The number of alkyl carbamates (subject to hydrolysis) is 1. The second-order valence-electron chi connectivity index (χ2n) is 11.1. The molecule has 1 atom stereocenters. The van der Waals surface area contributed by atoms with Gasteiger partial charge in [-0.2, -0.15) is 0 Å². The zero-order chi connectivity index (χ0) is 38.3. The molecule has 55 heavy (non-hydrogen) atoms. The van der Waals surface area contributed by atoms with E-state index in [4.69, 9.17) is 15.9 Å². The number of terminal acetylenes is 1. The summed E-state index contributed by atoms with van der Waals surface area (Å²) in [6, 6.07) is 31.3. The lowest BCUT2D eigenvalue weighted by Crippen LogP contribution is -2.31. The number of benzene rings is 4. The van der Waals surface area contributed by atoms with E-state index >= 15 is 0 Å². The number of nitrogens with one attached hydrogen (secondary N) is 1. The third-order valence-corrected chi connectivity index (χ3v) is 7.65. The Kier molecular flexibility index (Phi) is 14.1. The maximum Gasteiger partial charge on any atom is 0.407 e. The Bertz CT molecular complexity index is 2760. The van der Waals surface area contributed by atoms with Gasteiger partial charge in [0.05, 0.1) is 6.04 Å². The first-order chi connectivity index (χ1) is 27.1. The van der Waals surface area contributed by atoms with Gasteiger partial charge in [0.2, 0.25) is 0 Å². The highest BCUT2D eigenvalue weighted by Gasteiger charge is 2.29. The standard InChI is InChI=1S/C51H25NO3/c1-3-4-5-6-7-8-9-10-11-12-13-14-15-16-17-18-19-20-21-26-39-54-44-37-35-43(36-38-44)50(42-33-31-41(2)32-34-42)52-51(53)55-40-49-47-29-24-22-27-45(47)46-28-23-25-30-48(46)49/h1,22-25,27-38,49-50H,40H2,2H3,(H,52,53). The lowest BCUT2D eigenvalue weighted by atomic mass is 9.97. The van der Waals surface area contributed by atoms with Crippen LogP contribution in [0.15, 0.2) is 97.1 Å². The highest BCUT2D eigenvalue weighted by Crippen LogP contribution is 2.44. The van der Waals surface area contributed by atoms with E-state index in [1.165, 1.54) is 11.1 Å². The van der Waals surface area contributed by atoms with Crippen LogP contribution in [-0.4, -0.2) is 12.7 Å². The van der Waals surface area contributed by atoms with E-state index < -0.39 is 12.1 Å². The van der Waals surface area contributed by atoms with Crippen molar-refractivity contribution in [1.82, 2.24) is 5.32 Å². The smallest absolute Gasteiger partial charge is 0.407 e. The fourth-order valence-electron chi connectivity index (χ4n) is 5.28. The minimum Gasteiger partial charge on any atom is -0.449 e. The van der Waals surface area contributed by atoms with Crippen LogP contribution in [0.3, 0.4) is 0 Å². The van der Waals surface area contributed by atoms with Crippen molar-refractivity contribution in [2.45, 2.75) is 18.9 Å². The van der Waals surface area contributed by atoms with E-state index in [2.05, 4.69) is 154 Å². The first kappa shape index (κ1) is 37.4. The van der Waals surface area contributed by atoms with Crippen LogP contribution in [0, 0.1) is 138 Å². The highest BCUT2D eigenvalue weighted by atomic mass is 16.5. The van der Waals surface area contributed by atoms with Gasteiger partial charge in [0.1, 0.15) is 18.5 Å². The first-order valence-corrected chi connectivity index (χ1v) is 16.5. The van der Waals surface area contributed by atoms with Crippen molar-refractivity contribution in [1.29, 1.82) is 0 Å². The van der Waals surface area contributed by atoms with Crippen LogP contribution in [0.5, 0.6) is 5.75 Å². The van der Waals surface area contributed by atoms with Crippen molar-refractivity contribution >= 4 is 6.09 Å². The number of rotatable bonds is 6. The molecule has 1 aliphatic carbocycles. The molecule has 0 spiro atoms. The van der Waals surface area contributed by atoms with Gasteiger partial charge in [0.15, 0.2) is 0 Å². The van der Waals surface area contributed by atoms with Gasteiger partial charge < -0.3 is 14.8 Å². The predicted molar refractivity (Wildman–Crippen MR) is 215 cm³/mol. The molecule has 4 heteroatoms. The zero-order valence-electron chi connectivity index (χ0n) is 29.4. The summed E-state index contributed by atoms with van der Waals surface area (Å²) in [5.74, 6) is 50.3. The molecule has 0 bridgehead atoms. The van der Waals surface area contributed by atoms with Gasteiger partial charge in [-0.3, -0.25) is 0 Å². The summed E-state index contributed by atoms with van der Waals surface area (Å²) >= 11 is 0. The van der Waals surface area contributed by atoms with E-state index in [1.807, 2.05) is 67.6 Å². The van der Waals surface area contributed by atoms with Crippen LogP contribution in [0.1, 0.15) is 39.8 Å². The average Bonchev–Trinajstić information content (AvgIpc) is 3.54. The predicted octanol–water partition coefficient (Wildman–Crippen LogP) is 6.63. The van der Waals surface area contributed by atoms with Crippen LogP contribution in [0.2, 0.25) is 0 Å². The van der Waals surface area contributed by atoms with E-state index in [0.29, 0.717) is 5.75 Å². The van der Waals surface area contributed by atoms with Crippen LogP contribution in [0.25, 0.3) is 11.1 Å². The third kappa shape index (κ3) is 11.6. The summed E-state index contributed by atoms with van der Waals surface area (Å²) in [5, 5.41) is 3.07. The van der Waals surface area contributed by atoms with Crippen molar-refractivity contribution in [3.8, 4) is 148 Å². The largest absolute Gasteiger partial charge is 0.449 e. The Balaban J connectivity index is 1.13. The molecule has 4 aromatic rings. The summed E-state index contributed by atoms with van der Waals surface area (Å²) in [4.78, 5) is 13.3. The van der Waals surface area contributed by atoms with Gasteiger partial charge in [-0.1, -0.05) is 90.5 Å². The molecule has 4 aromatic carbocycles. The molecule has 5 rings (SSSR count). The summed E-state index contributed by atoms with van der Waals surface area (Å²) in [6.45, 7) is 2.24. The molecule has 0 heterocycles. The van der Waals surface area contributed by atoms with Crippen molar-refractivity contribution in [3.05, 3.63) is 125 Å². The van der Waals surface area contributed by atoms with Gasteiger partial charge >= 0.3 is 6.09 Å². The minimum absolute atomic E-state index is 0.0383. The third-order valence-electron chi connectivity index (χ3n) is 7.65. The summed E-state index contributed by atoms with van der Waals surface area (Å²) in [6.07, 6.45) is 7.00. The number of fused-ring (bicyclic) bond motifs is 3. The van der Waals surface area contributed by atoms with Crippen LogP contribution >= 0.6 is 0 Å². The van der Waals surface area contributed by atoms with Gasteiger partial charge in [-0.05, 0) is 99.8 Å². The highest BCUT2D eigenvalue weighted by molar-refractivity contribution is 5.79. The second-order valence-corrected chi connectivity index (χ2v) is 11.1. The monoisotopic (exact) mass is 699 g/mol. The number of ether oxygens (including phenoxy) is 2. The molecule has 4 nitrogen and oxygen atoms in total. The molecular formula is C51H25NO3. The Hall–Kier alpha value is -8.89. The van der Waals surface area contributed by atoms with E-state index in [1.54, 1.807) is 12.1 Å². The normalized spacial score (nSPS) is 9.53. The number of aryl methyl sites for hydroxylation is 1. The fourth-order valence-corrected chi connectivity index (χ4v) is 5.28. The summed E-state index contributed by atoms with van der Waals surface area (Å²) in [7, 11) is 0. The van der Waals surface area contributed by atoms with Crippen LogP contribution < -0.4 is 10.1 Å². The minimum atomic E-state index is -0.510. The number of carbonyl (C=O) groups excluding carboxylic acids is 1. The molecule has 0 fully saturated rings. The molecule has 1 aliphatic rings. The second kappa shape index (κ2) is 20.7. The lowest BCUT2D eigenvalue weighted by Gasteiger charge is -2.21. The summed E-state index contributed by atoms with van der Waals surface area (Å²) in [5.41, 5.74) is 7.52. The van der Waals surface area contributed by atoms with Gasteiger partial charge in [0, 0.05) is 77.0 Å². The molecule has 1 amide bonds. The lowest BCUT2D eigenvalue weighted by molar-refractivity contribution is 0.140. The maximum atomic E-state index is 13.3. The Morgan fingerprint density at radius 2 is 1.00 bits per heavy atom. The molecule has 1 N–H and O–H groups in total. The number of amides is 1. The average molecular weight is 700 g/mol. The zero-order valence-corrected chi connectivity index (χ0v) is 29.4. The van der Waals surface area contributed by atoms with Crippen molar-refractivity contribution < 1.29 is 14.3 Å². The van der Waals surface area contributed by atoms with Crippen LogP contribution in [0.4, 0.5) is 4.79 Å². The molecule has 1 unspecified atom stereocenters. The topological polar surface area (TPSA) is 47.6 Å². The molecule has 252 valence electrons. The van der Waals surface area contributed by atoms with E-state index in [9.17, 15) is 4.79 Å². The van der Waals surface area contributed by atoms with Crippen molar-refractivity contribution in [3.63, 3.8) is 0 Å². The quantitative estimate of drug-likeness (QED) is 0.230. The SMILES string of the molecule is C#CC#CC#CC#CC#CC#CC#CC#CC#CC#CC#COc1ccc(C(NC(=O)OCC2c3ccccc3-c3ccccc32)c2ccc(C)cc2)cc1.